The summed E-state index contributed by atoms with van der Waals surface area (Å²) >= 11 is 6.40. The fourth-order valence-corrected chi connectivity index (χ4v) is 3.84. The van der Waals surface area contributed by atoms with Gasteiger partial charge in [-0.25, -0.2) is 0 Å². The average Bonchev–Trinajstić information content (AvgIpc) is 2.71. The third-order valence-electron chi connectivity index (χ3n) is 5.25. The molecule has 28 heavy (non-hydrogen) atoms. The van der Waals surface area contributed by atoms with Gasteiger partial charge < -0.3 is 29.5 Å². The number of rotatable bonds is 3. The van der Waals surface area contributed by atoms with Crippen LogP contribution in [0.2, 0.25) is 5.02 Å². The van der Waals surface area contributed by atoms with Crippen molar-refractivity contribution in [3.05, 3.63) is 58.1 Å². The topological polar surface area (TPSA) is 88.4 Å². The molecule has 1 saturated heterocycles. The molecule has 2 aromatic carbocycles. The summed E-state index contributed by atoms with van der Waals surface area (Å²) in [6.07, 6.45) is -4.41. The van der Waals surface area contributed by atoms with Crippen LogP contribution in [0.25, 0.3) is 0 Å². The fourth-order valence-electron chi connectivity index (χ4n) is 3.65. The largest absolute Gasteiger partial charge is 0.486 e. The lowest BCUT2D eigenvalue weighted by atomic mass is 9.90. The van der Waals surface area contributed by atoms with Crippen molar-refractivity contribution in [1.82, 2.24) is 0 Å². The van der Waals surface area contributed by atoms with E-state index in [0.29, 0.717) is 36.0 Å². The third-order valence-corrected chi connectivity index (χ3v) is 5.62. The number of ether oxygens (including phenoxy) is 3. The number of benzene rings is 2. The maximum Gasteiger partial charge on any atom is 0.161 e. The van der Waals surface area contributed by atoms with Crippen LogP contribution in [0.4, 0.5) is 0 Å². The summed E-state index contributed by atoms with van der Waals surface area (Å²) in [7, 11) is 0. The Morgan fingerprint density at radius 1 is 0.929 bits per heavy atom. The van der Waals surface area contributed by atoms with Crippen LogP contribution in [0.15, 0.2) is 36.4 Å². The zero-order chi connectivity index (χ0) is 19.8. The lowest BCUT2D eigenvalue weighted by molar-refractivity contribution is -0.219. The van der Waals surface area contributed by atoms with E-state index < -0.39 is 30.5 Å². The van der Waals surface area contributed by atoms with Crippen molar-refractivity contribution < 1.29 is 29.5 Å². The van der Waals surface area contributed by atoms with Crippen molar-refractivity contribution in [3.63, 3.8) is 0 Å². The zero-order valence-electron chi connectivity index (χ0n) is 15.4. The van der Waals surface area contributed by atoms with Crippen molar-refractivity contribution in [2.45, 2.75) is 43.9 Å². The van der Waals surface area contributed by atoms with Crippen LogP contribution in [-0.2, 0) is 11.2 Å². The first-order valence-electron chi connectivity index (χ1n) is 9.30. The summed E-state index contributed by atoms with van der Waals surface area (Å²) in [5.74, 6) is 1.45. The van der Waals surface area contributed by atoms with E-state index in [1.54, 1.807) is 19.1 Å². The number of hydrogen-bond acceptors (Lipinski definition) is 6. The van der Waals surface area contributed by atoms with Gasteiger partial charge in [0.1, 0.15) is 37.6 Å². The van der Waals surface area contributed by atoms with Crippen LogP contribution in [0.5, 0.6) is 11.5 Å². The summed E-state index contributed by atoms with van der Waals surface area (Å²) in [4.78, 5) is 0. The zero-order valence-corrected chi connectivity index (χ0v) is 16.2. The van der Waals surface area contributed by atoms with E-state index in [9.17, 15) is 15.3 Å². The maximum atomic E-state index is 10.4. The first kappa shape index (κ1) is 19.5. The Bertz CT molecular complexity index is 857. The van der Waals surface area contributed by atoms with Crippen molar-refractivity contribution in [3.8, 4) is 11.5 Å². The van der Waals surface area contributed by atoms with Crippen LogP contribution >= 0.6 is 11.6 Å². The van der Waals surface area contributed by atoms with Crippen LogP contribution in [0, 0.1) is 0 Å². The number of aliphatic hydroxyl groups excluding tert-OH is 3. The molecule has 0 saturated carbocycles. The van der Waals surface area contributed by atoms with E-state index in [4.69, 9.17) is 25.8 Å². The molecular weight excluding hydrogens is 384 g/mol. The molecule has 0 aliphatic carbocycles. The molecule has 2 aliphatic rings. The van der Waals surface area contributed by atoms with Gasteiger partial charge in [-0.15, -0.1) is 0 Å². The van der Waals surface area contributed by atoms with Crippen molar-refractivity contribution in [2.24, 2.45) is 0 Å². The third kappa shape index (κ3) is 3.71. The van der Waals surface area contributed by atoms with Gasteiger partial charge in [0.25, 0.3) is 0 Å². The Balaban J connectivity index is 1.59. The molecule has 5 atom stereocenters. The first-order chi connectivity index (χ1) is 13.4. The Morgan fingerprint density at radius 3 is 2.46 bits per heavy atom. The molecule has 2 heterocycles. The summed E-state index contributed by atoms with van der Waals surface area (Å²) in [5, 5.41) is 30.9. The SMILES string of the molecule is C[C@@H]1O[C@@H](c2ccc(Cl)c(Cc3ccc4c(c3)OCCO4)c2)[C@H](O)[C@@H](O)[C@@H]1O. The minimum atomic E-state index is -1.27. The predicted molar refractivity (Wildman–Crippen MR) is 103 cm³/mol. The predicted octanol–water partition coefficient (Wildman–Crippen LogP) is 2.24. The number of halogens is 1. The van der Waals surface area contributed by atoms with Gasteiger partial charge in [0.15, 0.2) is 11.5 Å². The normalized spacial score (nSPS) is 29.5. The molecule has 4 rings (SSSR count). The Hall–Kier alpha value is -1.83. The van der Waals surface area contributed by atoms with Gasteiger partial charge in [0, 0.05) is 5.02 Å². The van der Waals surface area contributed by atoms with Gasteiger partial charge in [-0.3, -0.25) is 0 Å². The van der Waals surface area contributed by atoms with Gasteiger partial charge in [-0.1, -0.05) is 29.8 Å². The smallest absolute Gasteiger partial charge is 0.161 e. The van der Waals surface area contributed by atoms with E-state index in [0.717, 1.165) is 16.9 Å². The van der Waals surface area contributed by atoms with Crippen LogP contribution in [0.1, 0.15) is 29.7 Å². The molecule has 3 N–H and O–H groups in total. The lowest BCUT2D eigenvalue weighted by Crippen LogP contribution is -2.53. The van der Waals surface area contributed by atoms with Crippen molar-refractivity contribution in [1.29, 1.82) is 0 Å². The van der Waals surface area contributed by atoms with Crippen molar-refractivity contribution >= 4 is 11.6 Å². The monoisotopic (exact) mass is 406 g/mol. The molecule has 7 heteroatoms. The van der Waals surface area contributed by atoms with Crippen LogP contribution < -0.4 is 9.47 Å². The molecule has 0 bridgehead atoms. The minimum absolute atomic E-state index is 0.524. The van der Waals surface area contributed by atoms with Gasteiger partial charge in [0.2, 0.25) is 0 Å². The highest BCUT2D eigenvalue weighted by molar-refractivity contribution is 6.31. The highest BCUT2D eigenvalue weighted by Gasteiger charge is 2.42. The van der Waals surface area contributed by atoms with Gasteiger partial charge in [-0.2, -0.15) is 0 Å². The van der Waals surface area contributed by atoms with Gasteiger partial charge in [-0.05, 0) is 48.2 Å². The Kier molecular flexibility index (Phi) is 5.49. The standard InChI is InChI=1S/C21H23ClO6/c1-11-18(23)19(24)20(25)21(28-11)13-3-4-15(22)14(10-13)8-12-2-5-16-17(9-12)27-7-6-26-16/h2-5,9-11,18-21,23-25H,6-8H2,1H3/t11-,18+,19-,20+,21-/m0/s1. The summed E-state index contributed by atoms with van der Waals surface area (Å²) < 4.78 is 16.9. The summed E-state index contributed by atoms with van der Waals surface area (Å²) in [6.45, 7) is 2.73. The molecule has 1 fully saturated rings. The highest BCUT2D eigenvalue weighted by atomic mass is 35.5. The van der Waals surface area contributed by atoms with Gasteiger partial charge in [0.05, 0.1) is 6.10 Å². The summed E-state index contributed by atoms with van der Waals surface area (Å²) in [5.41, 5.74) is 2.57. The average molecular weight is 407 g/mol. The lowest BCUT2D eigenvalue weighted by Gasteiger charge is -2.39. The number of fused-ring (bicyclic) bond motifs is 1. The molecule has 0 spiro atoms. The molecule has 0 aromatic heterocycles. The second-order valence-electron chi connectivity index (χ2n) is 7.24. The fraction of sp³-hybridized carbons (Fsp3) is 0.429. The highest BCUT2D eigenvalue weighted by Crippen LogP contribution is 2.35. The van der Waals surface area contributed by atoms with E-state index in [2.05, 4.69) is 0 Å². The number of aliphatic hydroxyl groups is 3. The van der Waals surface area contributed by atoms with Crippen LogP contribution in [-0.4, -0.2) is 52.9 Å². The van der Waals surface area contributed by atoms with E-state index >= 15 is 0 Å². The van der Waals surface area contributed by atoms with E-state index in [-0.39, 0.29) is 0 Å². The second kappa shape index (κ2) is 7.89. The molecule has 2 aliphatic heterocycles. The van der Waals surface area contributed by atoms with E-state index in [1.165, 1.54) is 0 Å². The number of hydrogen-bond donors (Lipinski definition) is 3. The molecule has 2 aromatic rings. The van der Waals surface area contributed by atoms with Crippen molar-refractivity contribution in [2.75, 3.05) is 13.2 Å². The van der Waals surface area contributed by atoms with E-state index in [1.807, 2.05) is 24.3 Å². The second-order valence-corrected chi connectivity index (χ2v) is 7.65. The minimum Gasteiger partial charge on any atom is -0.486 e. The molecular formula is C21H23ClO6. The molecule has 0 unspecified atom stereocenters. The first-order valence-corrected chi connectivity index (χ1v) is 9.68. The summed E-state index contributed by atoms with van der Waals surface area (Å²) in [6, 6.07) is 11.2. The molecule has 0 radical (unpaired) electrons. The molecule has 6 nitrogen and oxygen atoms in total. The van der Waals surface area contributed by atoms with Crippen LogP contribution in [0.3, 0.4) is 0 Å². The Morgan fingerprint density at radius 2 is 1.68 bits per heavy atom. The maximum absolute atomic E-state index is 10.4. The quantitative estimate of drug-likeness (QED) is 0.724. The van der Waals surface area contributed by atoms with Gasteiger partial charge >= 0.3 is 0 Å². The molecule has 150 valence electrons. The molecule has 0 amide bonds. The Labute approximate surface area is 168 Å².